The van der Waals surface area contributed by atoms with E-state index in [1.165, 1.54) is 4.88 Å². The van der Waals surface area contributed by atoms with Gasteiger partial charge in [-0.15, -0.1) is 11.3 Å². The molecule has 0 spiro atoms. The molecule has 1 saturated heterocycles. The van der Waals surface area contributed by atoms with Gasteiger partial charge in [0.25, 0.3) is 0 Å². The maximum atomic E-state index is 5.88. The first kappa shape index (κ1) is 15.9. The third-order valence-electron chi connectivity index (χ3n) is 4.66. The summed E-state index contributed by atoms with van der Waals surface area (Å²) < 4.78 is 5.48. The number of ether oxygens (including phenoxy) is 1. The van der Waals surface area contributed by atoms with Crippen LogP contribution in [0.3, 0.4) is 0 Å². The summed E-state index contributed by atoms with van der Waals surface area (Å²) >= 11 is 1.83. The number of nitrogens with zero attached hydrogens (tertiary/aromatic N) is 1. The lowest BCUT2D eigenvalue weighted by molar-refractivity contribution is -0.0333. The van der Waals surface area contributed by atoms with Crippen LogP contribution >= 0.6 is 11.3 Å². The molecule has 114 valence electrons. The molecule has 0 bridgehead atoms. The molecule has 1 aliphatic heterocycles. The zero-order valence-electron chi connectivity index (χ0n) is 12.6. The van der Waals surface area contributed by atoms with Crippen LogP contribution in [0.2, 0.25) is 0 Å². The van der Waals surface area contributed by atoms with Crippen molar-refractivity contribution in [1.29, 1.82) is 0 Å². The van der Waals surface area contributed by atoms with Gasteiger partial charge in [-0.2, -0.15) is 0 Å². The Balaban J connectivity index is 2.01. The van der Waals surface area contributed by atoms with E-state index in [2.05, 4.69) is 41.7 Å². The normalized spacial score (nSPS) is 21.6. The van der Waals surface area contributed by atoms with Crippen LogP contribution in [0.4, 0.5) is 0 Å². The summed E-state index contributed by atoms with van der Waals surface area (Å²) in [6.45, 7) is 8.25. The van der Waals surface area contributed by atoms with Gasteiger partial charge in [0.15, 0.2) is 0 Å². The van der Waals surface area contributed by atoms with Crippen molar-refractivity contribution in [2.45, 2.75) is 44.7 Å². The standard InChI is InChI=1S/C15H27N3OS/c1-3-15(2,18-8-10-19-11-9-18)14(17-16)7-6-13-5-4-12-20-13/h4-5,12,14,17H,3,6-11,16H2,1-2H3. The predicted molar refractivity (Wildman–Crippen MR) is 84.8 cm³/mol. The van der Waals surface area contributed by atoms with Crippen LogP contribution in [0, 0.1) is 0 Å². The van der Waals surface area contributed by atoms with Gasteiger partial charge in [0, 0.05) is 29.5 Å². The van der Waals surface area contributed by atoms with Gasteiger partial charge in [0.05, 0.1) is 13.2 Å². The Bertz CT molecular complexity index is 378. The van der Waals surface area contributed by atoms with Crippen molar-refractivity contribution in [3.8, 4) is 0 Å². The SMILES string of the molecule is CCC(C)(C(CCc1cccs1)NN)N1CCOCC1. The van der Waals surface area contributed by atoms with Crippen LogP contribution in [0.5, 0.6) is 0 Å². The predicted octanol–water partition coefficient (Wildman–Crippen LogP) is 2.01. The summed E-state index contributed by atoms with van der Waals surface area (Å²) in [5.74, 6) is 5.88. The van der Waals surface area contributed by atoms with Crippen molar-refractivity contribution in [3.63, 3.8) is 0 Å². The molecule has 2 heterocycles. The Morgan fingerprint density at radius 2 is 2.25 bits per heavy atom. The summed E-state index contributed by atoms with van der Waals surface area (Å²) in [5.41, 5.74) is 3.17. The summed E-state index contributed by atoms with van der Waals surface area (Å²) in [6, 6.07) is 4.62. The zero-order chi connectivity index (χ0) is 14.4. The van der Waals surface area contributed by atoms with E-state index in [0.717, 1.165) is 45.6 Å². The van der Waals surface area contributed by atoms with Crippen LogP contribution in [0.1, 0.15) is 31.6 Å². The summed E-state index contributed by atoms with van der Waals surface area (Å²) in [6.07, 6.45) is 3.25. The monoisotopic (exact) mass is 297 g/mol. The van der Waals surface area contributed by atoms with E-state index in [4.69, 9.17) is 10.6 Å². The molecular weight excluding hydrogens is 270 g/mol. The Labute approximate surface area is 126 Å². The molecule has 0 aliphatic carbocycles. The zero-order valence-corrected chi connectivity index (χ0v) is 13.4. The molecule has 1 aromatic heterocycles. The maximum Gasteiger partial charge on any atom is 0.0594 e. The Morgan fingerprint density at radius 3 is 2.80 bits per heavy atom. The quantitative estimate of drug-likeness (QED) is 0.597. The summed E-state index contributed by atoms with van der Waals surface area (Å²) in [7, 11) is 0. The lowest BCUT2D eigenvalue weighted by Crippen LogP contribution is -2.63. The van der Waals surface area contributed by atoms with Crippen LogP contribution in [0.25, 0.3) is 0 Å². The van der Waals surface area contributed by atoms with Gasteiger partial charge in [-0.3, -0.25) is 16.2 Å². The van der Waals surface area contributed by atoms with Gasteiger partial charge < -0.3 is 4.74 Å². The number of nitrogens with one attached hydrogen (secondary N) is 1. The fourth-order valence-electron chi connectivity index (χ4n) is 3.08. The van der Waals surface area contributed by atoms with Gasteiger partial charge in [-0.05, 0) is 37.6 Å². The maximum absolute atomic E-state index is 5.88. The number of rotatable bonds is 7. The van der Waals surface area contributed by atoms with E-state index in [9.17, 15) is 0 Å². The van der Waals surface area contributed by atoms with Crippen molar-refractivity contribution in [1.82, 2.24) is 10.3 Å². The number of hydrogen-bond acceptors (Lipinski definition) is 5. The molecule has 3 N–H and O–H groups in total. The molecule has 2 rings (SSSR count). The van der Waals surface area contributed by atoms with Gasteiger partial charge >= 0.3 is 0 Å². The molecule has 1 aliphatic rings. The van der Waals surface area contributed by atoms with E-state index < -0.39 is 0 Å². The highest BCUT2D eigenvalue weighted by Crippen LogP contribution is 2.27. The molecule has 0 radical (unpaired) electrons. The molecule has 5 heteroatoms. The Hall–Kier alpha value is -0.460. The number of nitrogens with two attached hydrogens (primary N) is 1. The van der Waals surface area contributed by atoms with Gasteiger partial charge in [-0.1, -0.05) is 13.0 Å². The van der Waals surface area contributed by atoms with Crippen molar-refractivity contribution in [3.05, 3.63) is 22.4 Å². The van der Waals surface area contributed by atoms with E-state index in [-0.39, 0.29) is 5.54 Å². The molecule has 4 nitrogen and oxygen atoms in total. The number of aryl methyl sites for hydroxylation is 1. The summed E-state index contributed by atoms with van der Waals surface area (Å²) in [4.78, 5) is 3.97. The minimum atomic E-state index is 0.0930. The molecular formula is C15H27N3OS. The average molecular weight is 297 g/mol. The fraction of sp³-hybridized carbons (Fsp3) is 0.733. The van der Waals surface area contributed by atoms with E-state index in [0.29, 0.717) is 6.04 Å². The minimum absolute atomic E-state index is 0.0930. The molecule has 2 unspecified atom stereocenters. The highest BCUT2D eigenvalue weighted by Gasteiger charge is 2.38. The first-order valence-corrected chi connectivity index (χ1v) is 8.40. The molecule has 0 saturated carbocycles. The Kier molecular flexibility index (Phi) is 5.99. The highest BCUT2D eigenvalue weighted by molar-refractivity contribution is 7.09. The molecule has 20 heavy (non-hydrogen) atoms. The topological polar surface area (TPSA) is 50.5 Å². The van der Waals surface area contributed by atoms with Crippen molar-refractivity contribution >= 4 is 11.3 Å². The van der Waals surface area contributed by atoms with Gasteiger partial charge in [0.1, 0.15) is 0 Å². The highest BCUT2D eigenvalue weighted by atomic mass is 32.1. The first-order chi connectivity index (χ1) is 9.70. The van der Waals surface area contributed by atoms with Gasteiger partial charge in [0.2, 0.25) is 0 Å². The lowest BCUT2D eigenvalue weighted by Gasteiger charge is -2.47. The smallest absolute Gasteiger partial charge is 0.0594 e. The fourth-order valence-corrected chi connectivity index (χ4v) is 3.80. The minimum Gasteiger partial charge on any atom is -0.379 e. The van der Waals surface area contributed by atoms with Crippen molar-refractivity contribution in [2.24, 2.45) is 5.84 Å². The molecule has 1 aromatic rings. The number of hydrogen-bond donors (Lipinski definition) is 2. The third-order valence-corrected chi connectivity index (χ3v) is 5.60. The lowest BCUT2D eigenvalue weighted by atomic mass is 9.84. The molecule has 2 atom stereocenters. The van der Waals surface area contributed by atoms with Crippen LogP contribution < -0.4 is 11.3 Å². The average Bonchev–Trinajstić information content (AvgIpc) is 3.01. The second-order valence-electron chi connectivity index (χ2n) is 5.65. The van der Waals surface area contributed by atoms with E-state index >= 15 is 0 Å². The van der Waals surface area contributed by atoms with Gasteiger partial charge in [-0.25, -0.2) is 0 Å². The summed E-state index contributed by atoms with van der Waals surface area (Å²) in [5, 5.41) is 2.14. The third kappa shape index (κ3) is 3.59. The van der Waals surface area contributed by atoms with Crippen LogP contribution in [0.15, 0.2) is 17.5 Å². The van der Waals surface area contributed by atoms with Crippen LogP contribution in [-0.4, -0.2) is 42.8 Å². The molecule has 1 fully saturated rings. The second kappa shape index (κ2) is 7.52. The largest absolute Gasteiger partial charge is 0.379 e. The van der Waals surface area contributed by atoms with E-state index in [1.54, 1.807) is 0 Å². The molecule has 0 aromatic carbocycles. The molecule has 0 amide bonds. The second-order valence-corrected chi connectivity index (χ2v) is 6.68. The number of hydrazine groups is 1. The van der Waals surface area contributed by atoms with E-state index in [1.807, 2.05) is 11.3 Å². The van der Waals surface area contributed by atoms with Crippen LogP contribution in [-0.2, 0) is 11.2 Å². The van der Waals surface area contributed by atoms with Crippen molar-refractivity contribution < 1.29 is 4.74 Å². The Morgan fingerprint density at radius 1 is 1.50 bits per heavy atom. The first-order valence-electron chi connectivity index (χ1n) is 7.52. The van der Waals surface area contributed by atoms with Crippen molar-refractivity contribution in [2.75, 3.05) is 26.3 Å². The number of thiophene rings is 1. The number of morpholine rings is 1.